The highest BCUT2D eigenvalue weighted by molar-refractivity contribution is 6.44. The van der Waals surface area contributed by atoms with E-state index in [2.05, 4.69) is 83.2 Å². The maximum absolute atomic E-state index is 12.1. The lowest BCUT2D eigenvalue weighted by Crippen LogP contribution is -2.32. The summed E-state index contributed by atoms with van der Waals surface area (Å²) in [6.07, 6.45) is 30.7. The molecule has 0 bridgehead atoms. The van der Waals surface area contributed by atoms with Gasteiger partial charge in [0.25, 0.3) is 0 Å². The minimum atomic E-state index is -0.361. The lowest BCUT2D eigenvalue weighted by Gasteiger charge is -2.35. The molecule has 2 aliphatic rings. The molecule has 0 aromatic heterocycles. The molecule has 230 valence electrons. The molecule has 1 atom stereocenters. The highest BCUT2D eigenvalue weighted by Gasteiger charge is 2.36. The van der Waals surface area contributed by atoms with E-state index < -0.39 is 0 Å². The number of rotatable bonds is 10. The quantitative estimate of drug-likeness (QED) is 0.207. The zero-order valence-corrected chi connectivity index (χ0v) is 28.0. The number of ketones is 2. The zero-order chi connectivity index (χ0) is 32.4. The van der Waals surface area contributed by atoms with Crippen LogP contribution in [0.5, 0.6) is 0 Å². The molecular weight excluding hydrogens is 528 g/mol. The number of aliphatic hydroxyl groups is 1. The van der Waals surface area contributed by atoms with E-state index in [1.54, 1.807) is 6.92 Å². The maximum Gasteiger partial charge on any atom is 0.224 e. The van der Waals surface area contributed by atoms with E-state index in [0.29, 0.717) is 5.57 Å². The standard InChI is InChI=1S/C40H52O3/c1-28(17-13-19-30(3)21-23-34-32(5)36(41)25-26-39(34,7)8)15-11-12-16-29(2)18-14-20-31(4)22-24-35-33(6)38(43)37(42)27-40(35,9)10/h11-24,36,41H,25-27H2,1-10H3/b12-11+,17-13+,18-14+,23-21+,24-22+,28-15+,29-16+,30-19+,31-20+/t36-/m0/s1. The first-order valence-corrected chi connectivity index (χ1v) is 15.3. The lowest BCUT2D eigenvalue weighted by atomic mass is 9.71. The second-order valence-electron chi connectivity index (χ2n) is 13.3. The fourth-order valence-corrected chi connectivity index (χ4v) is 5.46. The molecule has 0 aromatic carbocycles. The third kappa shape index (κ3) is 10.9. The van der Waals surface area contributed by atoms with Crippen LogP contribution in [0.3, 0.4) is 0 Å². The van der Waals surface area contributed by atoms with Crippen LogP contribution >= 0.6 is 0 Å². The second-order valence-corrected chi connectivity index (χ2v) is 13.3. The van der Waals surface area contributed by atoms with Crippen molar-refractivity contribution in [2.45, 2.75) is 94.6 Å². The van der Waals surface area contributed by atoms with Gasteiger partial charge in [0.05, 0.1) is 6.10 Å². The van der Waals surface area contributed by atoms with Crippen LogP contribution in [0, 0.1) is 10.8 Å². The first kappa shape index (κ1) is 35.6. The molecule has 0 unspecified atom stereocenters. The smallest absolute Gasteiger partial charge is 0.224 e. The Balaban J connectivity index is 1.94. The summed E-state index contributed by atoms with van der Waals surface area (Å²) in [6, 6.07) is 0. The molecule has 0 amide bonds. The lowest BCUT2D eigenvalue weighted by molar-refractivity contribution is -0.136. The Kier molecular flexibility index (Phi) is 13.1. The SMILES string of the molecule is CC1=C(/C=C/C(C)=C/C=C/C(C)=C/C=C/C=C(C)/C=C/C=C(C)/C=C/C2=C(C)[C@@H](O)CCC2(C)C)C(C)(C)CC(=O)C1=O. The molecule has 2 rings (SSSR count). The number of hydrogen-bond donors (Lipinski definition) is 1. The van der Waals surface area contributed by atoms with E-state index in [0.717, 1.165) is 46.3 Å². The minimum absolute atomic E-state index is 0.0918. The highest BCUT2D eigenvalue weighted by Crippen LogP contribution is 2.41. The van der Waals surface area contributed by atoms with Crippen molar-refractivity contribution in [2.24, 2.45) is 10.8 Å². The van der Waals surface area contributed by atoms with Crippen LogP contribution in [0.2, 0.25) is 0 Å². The van der Waals surface area contributed by atoms with Gasteiger partial charge in [-0.1, -0.05) is 135 Å². The Morgan fingerprint density at radius 2 is 1.12 bits per heavy atom. The third-order valence-electron chi connectivity index (χ3n) is 8.32. The van der Waals surface area contributed by atoms with Crippen molar-refractivity contribution in [1.29, 1.82) is 0 Å². The summed E-state index contributed by atoms with van der Waals surface area (Å²) in [4.78, 5) is 24.1. The Bertz CT molecular complexity index is 1420. The van der Waals surface area contributed by atoms with E-state index in [1.165, 1.54) is 5.57 Å². The van der Waals surface area contributed by atoms with Crippen LogP contribution in [0.15, 0.2) is 130 Å². The van der Waals surface area contributed by atoms with Gasteiger partial charge in [0, 0.05) is 12.0 Å². The summed E-state index contributed by atoms with van der Waals surface area (Å²) < 4.78 is 0. The molecule has 2 aliphatic carbocycles. The predicted octanol–water partition coefficient (Wildman–Crippen LogP) is 9.93. The topological polar surface area (TPSA) is 54.4 Å². The molecule has 0 heterocycles. The Morgan fingerprint density at radius 3 is 1.63 bits per heavy atom. The van der Waals surface area contributed by atoms with E-state index in [-0.39, 0.29) is 34.9 Å². The fraction of sp³-hybridized carbons (Fsp3) is 0.400. The molecule has 0 saturated heterocycles. The molecule has 0 spiro atoms. The van der Waals surface area contributed by atoms with Gasteiger partial charge in [0.1, 0.15) is 0 Å². The van der Waals surface area contributed by atoms with Gasteiger partial charge in [-0.05, 0) is 81.9 Å². The first-order chi connectivity index (χ1) is 20.0. The number of allylic oxidation sites excluding steroid dienone is 21. The monoisotopic (exact) mass is 580 g/mol. The molecule has 0 saturated carbocycles. The van der Waals surface area contributed by atoms with Gasteiger partial charge in [-0.3, -0.25) is 9.59 Å². The minimum Gasteiger partial charge on any atom is -0.389 e. The van der Waals surface area contributed by atoms with Gasteiger partial charge >= 0.3 is 0 Å². The zero-order valence-electron chi connectivity index (χ0n) is 28.0. The van der Waals surface area contributed by atoms with Crippen molar-refractivity contribution in [3.8, 4) is 0 Å². The normalized spacial score (nSPS) is 23.1. The van der Waals surface area contributed by atoms with Crippen LogP contribution in [0.25, 0.3) is 0 Å². The number of aliphatic hydroxyl groups excluding tert-OH is 1. The average Bonchev–Trinajstić information content (AvgIpc) is 2.91. The third-order valence-corrected chi connectivity index (χ3v) is 8.32. The molecule has 0 aliphatic heterocycles. The Morgan fingerprint density at radius 1 is 0.674 bits per heavy atom. The largest absolute Gasteiger partial charge is 0.389 e. The van der Waals surface area contributed by atoms with Gasteiger partial charge in [-0.2, -0.15) is 0 Å². The molecule has 3 heteroatoms. The van der Waals surface area contributed by atoms with Crippen molar-refractivity contribution < 1.29 is 14.7 Å². The predicted molar refractivity (Wildman–Crippen MR) is 184 cm³/mol. The van der Waals surface area contributed by atoms with Crippen molar-refractivity contribution in [2.75, 3.05) is 0 Å². The number of Topliss-reactive ketones (excluding diaryl/α,β-unsaturated/α-hetero) is 2. The van der Waals surface area contributed by atoms with Crippen LogP contribution in [0.4, 0.5) is 0 Å². The summed E-state index contributed by atoms with van der Waals surface area (Å²) >= 11 is 0. The summed E-state index contributed by atoms with van der Waals surface area (Å²) in [7, 11) is 0. The average molecular weight is 581 g/mol. The van der Waals surface area contributed by atoms with Gasteiger partial charge in [0.2, 0.25) is 11.6 Å². The summed E-state index contributed by atoms with van der Waals surface area (Å²) in [5.74, 6) is -0.658. The van der Waals surface area contributed by atoms with Crippen molar-refractivity contribution in [3.63, 3.8) is 0 Å². The molecule has 1 N–H and O–H groups in total. The second kappa shape index (κ2) is 15.8. The van der Waals surface area contributed by atoms with E-state index in [1.807, 2.05) is 64.2 Å². The summed E-state index contributed by atoms with van der Waals surface area (Å²) in [5, 5.41) is 10.3. The van der Waals surface area contributed by atoms with Crippen LogP contribution in [-0.2, 0) is 9.59 Å². The van der Waals surface area contributed by atoms with Gasteiger partial charge in [-0.15, -0.1) is 0 Å². The van der Waals surface area contributed by atoms with Crippen molar-refractivity contribution in [1.82, 2.24) is 0 Å². The van der Waals surface area contributed by atoms with Crippen molar-refractivity contribution in [3.05, 3.63) is 130 Å². The number of carbonyl (C=O) groups is 2. The first-order valence-electron chi connectivity index (χ1n) is 15.3. The van der Waals surface area contributed by atoms with Crippen LogP contribution in [0.1, 0.15) is 88.5 Å². The molecular formula is C40H52O3. The van der Waals surface area contributed by atoms with Crippen LogP contribution in [-0.4, -0.2) is 22.8 Å². The van der Waals surface area contributed by atoms with Crippen molar-refractivity contribution >= 4 is 11.6 Å². The maximum atomic E-state index is 12.1. The van der Waals surface area contributed by atoms with Gasteiger partial charge in [0.15, 0.2) is 0 Å². The Labute approximate surface area is 260 Å². The summed E-state index contributed by atoms with van der Waals surface area (Å²) in [6.45, 7) is 20.6. The highest BCUT2D eigenvalue weighted by atomic mass is 16.3. The van der Waals surface area contributed by atoms with E-state index in [4.69, 9.17) is 0 Å². The van der Waals surface area contributed by atoms with Crippen LogP contribution < -0.4 is 0 Å². The van der Waals surface area contributed by atoms with Gasteiger partial charge in [-0.25, -0.2) is 0 Å². The fourth-order valence-electron chi connectivity index (χ4n) is 5.46. The summed E-state index contributed by atoms with van der Waals surface area (Å²) in [5.41, 5.74) is 8.10. The molecule has 0 fully saturated rings. The Hall–Kier alpha value is -3.56. The molecule has 3 nitrogen and oxygen atoms in total. The van der Waals surface area contributed by atoms with E-state index >= 15 is 0 Å². The number of carbonyl (C=O) groups excluding carboxylic acids is 2. The van der Waals surface area contributed by atoms with Gasteiger partial charge < -0.3 is 5.11 Å². The number of hydrogen-bond acceptors (Lipinski definition) is 3. The molecule has 0 aromatic rings. The molecule has 0 radical (unpaired) electrons. The van der Waals surface area contributed by atoms with E-state index in [9.17, 15) is 14.7 Å². The molecule has 43 heavy (non-hydrogen) atoms.